The van der Waals surface area contributed by atoms with Crippen LogP contribution in [-0.2, 0) is 20.0 Å². The maximum Gasteiger partial charge on any atom is 0.250 e. The molecule has 0 radical (unpaired) electrons. The van der Waals surface area contributed by atoms with Gasteiger partial charge in [-0.3, -0.25) is 4.72 Å². The van der Waals surface area contributed by atoms with Crippen LogP contribution in [0, 0.1) is 0 Å². The normalized spacial score (nSPS) is 17.8. The van der Waals surface area contributed by atoms with Crippen LogP contribution in [-0.4, -0.2) is 38.5 Å². The Morgan fingerprint density at radius 2 is 1.93 bits per heavy atom. The van der Waals surface area contributed by atoms with E-state index in [2.05, 4.69) is 9.82 Å². The Labute approximate surface area is 159 Å². The molecule has 1 aromatic carbocycles. The molecule has 1 N–H and O–H groups in total. The smallest absolute Gasteiger partial charge is 0.250 e. The van der Waals surface area contributed by atoms with E-state index in [4.69, 9.17) is 4.42 Å². The summed E-state index contributed by atoms with van der Waals surface area (Å²) >= 11 is 0. The van der Waals surface area contributed by atoms with Crippen LogP contribution in [0.5, 0.6) is 0 Å². The van der Waals surface area contributed by atoms with Gasteiger partial charge in [0.25, 0.3) is 0 Å². The molecule has 0 saturated carbocycles. The van der Waals surface area contributed by atoms with Crippen molar-refractivity contribution in [2.75, 3.05) is 16.2 Å². The van der Waals surface area contributed by atoms with Crippen molar-refractivity contribution in [3.8, 4) is 0 Å². The topological polar surface area (TPSA) is 109 Å². The summed E-state index contributed by atoms with van der Waals surface area (Å²) in [5, 5.41) is 4.32. The Morgan fingerprint density at radius 1 is 1.15 bits per heavy atom. The lowest BCUT2D eigenvalue weighted by Gasteiger charge is -2.20. The van der Waals surface area contributed by atoms with E-state index in [1.165, 1.54) is 6.26 Å². The van der Waals surface area contributed by atoms with Gasteiger partial charge in [-0.15, -0.1) is 0 Å². The maximum absolute atomic E-state index is 12.5. The summed E-state index contributed by atoms with van der Waals surface area (Å²) in [5.41, 5.74) is 1.60. The molecular weight excluding hydrogens is 390 g/mol. The third kappa shape index (κ3) is 4.16. The lowest BCUT2D eigenvalue weighted by molar-refractivity contribution is 0.320. The van der Waals surface area contributed by atoms with Crippen LogP contribution in [0.4, 0.5) is 5.69 Å². The zero-order valence-corrected chi connectivity index (χ0v) is 16.6. The number of benzene rings is 1. The quantitative estimate of drug-likeness (QED) is 0.753. The van der Waals surface area contributed by atoms with Crippen molar-refractivity contribution >= 4 is 31.4 Å². The van der Waals surface area contributed by atoms with Crippen molar-refractivity contribution in [1.29, 1.82) is 0 Å². The summed E-state index contributed by atoms with van der Waals surface area (Å²) in [6.45, 7) is 3.11. The molecular formula is C17H21N3O5S2. The molecule has 1 aromatic heterocycles. The highest BCUT2D eigenvalue weighted by atomic mass is 32.2. The van der Waals surface area contributed by atoms with Crippen LogP contribution in [0.2, 0.25) is 0 Å². The fraction of sp³-hybridized carbons (Fsp3) is 0.353. The zero-order chi connectivity index (χ0) is 19.7. The molecule has 0 unspecified atom stereocenters. The summed E-state index contributed by atoms with van der Waals surface area (Å²) < 4.78 is 57.5. The number of anilines is 1. The average Bonchev–Trinajstić information content (AvgIpc) is 3.31. The van der Waals surface area contributed by atoms with Crippen molar-refractivity contribution in [2.45, 2.75) is 26.3 Å². The van der Waals surface area contributed by atoms with Crippen molar-refractivity contribution in [3.05, 3.63) is 54.0 Å². The number of nitrogens with zero attached hydrogens (tertiary/aromatic N) is 2. The van der Waals surface area contributed by atoms with Gasteiger partial charge in [0.15, 0.2) is 0 Å². The van der Waals surface area contributed by atoms with Gasteiger partial charge in [-0.2, -0.15) is 9.52 Å². The van der Waals surface area contributed by atoms with E-state index in [9.17, 15) is 16.8 Å². The fourth-order valence-electron chi connectivity index (χ4n) is 2.76. The first-order valence-corrected chi connectivity index (χ1v) is 11.8. The average molecular weight is 412 g/mol. The number of hydrogen-bond acceptors (Lipinski definition) is 6. The van der Waals surface area contributed by atoms with E-state index in [1.807, 2.05) is 0 Å². The molecule has 0 fully saturated rings. The molecule has 1 aliphatic heterocycles. The molecule has 1 aliphatic rings. The number of hydrazone groups is 1. The summed E-state index contributed by atoms with van der Waals surface area (Å²) in [5.74, 6) is 0.382. The van der Waals surface area contributed by atoms with E-state index in [-0.39, 0.29) is 11.5 Å². The molecule has 3 rings (SSSR count). The predicted octanol–water partition coefficient (Wildman–Crippen LogP) is 2.54. The van der Waals surface area contributed by atoms with Gasteiger partial charge in [-0.05, 0) is 43.7 Å². The monoisotopic (exact) mass is 411 g/mol. The molecule has 0 aliphatic carbocycles. The highest BCUT2D eigenvalue weighted by Gasteiger charge is 2.37. The van der Waals surface area contributed by atoms with Gasteiger partial charge in [0.05, 0.1) is 23.5 Å². The minimum atomic E-state index is -3.58. The molecule has 27 heavy (non-hydrogen) atoms. The summed E-state index contributed by atoms with van der Waals surface area (Å²) in [6, 6.07) is 9.60. The fourth-order valence-corrected chi connectivity index (χ4v) is 4.44. The number of hydrogen-bond donors (Lipinski definition) is 1. The van der Waals surface area contributed by atoms with Crippen molar-refractivity contribution in [2.24, 2.45) is 5.10 Å². The van der Waals surface area contributed by atoms with Gasteiger partial charge in [-0.1, -0.05) is 12.1 Å². The van der Waals surface area contributed by atoms with Gasteiger partial charge in [0, 0.05) is 12.1 Å². The second-order valence-electron chi connectivity index (χ2n) is 6.04. The van der Waals surface area contributed by atoms with Crippen molar-refractivity contribution in [3.63, 3.8) is 0 Å². The molecule has 2 aromatic rings. The molecule has 10 heteroatoms. The van der Waals surface area contributed by atoms with Crippen LogP contribution < -0.4 is 4.72 Å². The Bertz CT molecular complexity index is 1040. The largest absolute Gasteiger partial charge is 0.467 e. The maximum atomic E-state index is 12.5. The van der Waals surface area contributed by atoms with Crippen LogP contribution >= 0.6 is 0 Å². The molecule has 8 nitrogen and oxygen atoms in total. The first-order valence-electron chi connectivity index (χ1n) is 8.49. The molecule has 0 bridgehead atoms. The molecule has 0 amide bonds. The number of rotatable bonds is 7. The minimum absolute atomic E-state index is 0.0404. The number of sulfonamides is 2. The van der Waals surface area contributed by atoms with E-state index in [1.54, 1.807) is 50.2 Å². The number of furan rings is 1. The Morgan fingerprint density at radius 3 is 2.56 bits per heavy atom. The third-order valence-corrected chi connectivity index (χ3v) is 7.19. The van der Waals surface area contributed by atoms with Gasteiger partial charge in [0.2, 0.25) is 20.0 Å². The second-order valence-corrected chi connectivity index (χ2v) is 10.2. The second kappa shape index (κ2) is 7.35. The summed E-state index contributed by atoms with van der Waals surface area (Å²) in [4.78, 5) is 0. The Kier molecular flexibility index (Phi) is 5.29. The zero-order valence-electron chi connectivity index (χ0n) is 15.0. The van der Waals surface area contributed by atoms with Gasteiger partial charge >= 0.3 is 0 Å². The molecule has 0 saturated heterocycles. The SMILES string of the molecule is CCS(=O)(=O)Nc1cccc(C2=NN(S(=O)(=O)CC)[C@@H](c3ccco3)C2)c1. The van der Waals surface area contributed by atoms with Crippen LogP contribution in [0.15, 0.2) is 52.2 Å². The van der Waals surface area contributed by atoms with Gasteiger partial charge in [-0.25, -0.2) is 16.8 Å². The van der Waals surface area contributed by atoms with Gasteiger partial charge in [0.1, 0.15) is 11.8 Å². The van der Waals surface area contributed by atoms with Crippen molar-refractivity contribution in [1.82, 2.24) is 4.41 Å². The predicted molar refractivity (Wildman–Crippen MR) is 103 cm³/mol. The third-order valence-electron chi connectivity index (χ3n) is 4.24. The van der Waals surface area contributed by atoms with E-state index < -0.39 is 26.1 Å². The summed E-state index contributed by atoms with van der Waals surface area (Å²) in [7, 11) is -6.99. The van der Waals surface area contributed by atoms with E-state index in [0.717, 1.165) is 4.41 Å². The lowest BCUT2D eigenvalue weighted by atomic mass is 10.0. The van der Waals surface area contributed by atoms with E-state index >= 15 is 0 Å². The molecule has 0 spiro atoms. The van der Waals surface area contributed by atoms with Crippen molar-refractivity contribution < 1.29 is 21.3 Å². The highest BCUT2D eigenvalue weighted by molar-refractivity contribution is 7.92. The Hall–Kier alpha value is -2.33. The number of nitrogens with one attached hydrogen (secondary N) is 1. The lowest BCUT2D eigenvalue weighted by Crippen LogP contribution is -2.28. The summed E-state index contributed by atoms with van der Waals surface area (Å²) in [6.07, 6.45) is 1.82. The first-order chi connectivity index (χ1) is 12.8. The minimum Gasteiger partial charge on any atom is -0.467 e. The van der Waals surface area contributed by atoms with Gasteiger partial charge < -0.3 is 4.42 Å². The molecule has 2 heterocycles. The molecule has 146 valence electrons. The molecule has 1 atom stereocenters. The van der Waals surface area contributed by atoms with Crippen LogP contribution in [0.3, 0.4) is 0 Å². The standard InChI is InChI=1S/C17H21N3O5S2/c1-3-26(21,22)19-14-8-5-7-13(11-14)15-12-16(17-9-6-10-25-17)20(18-15)27(23,24)4-2/h5-11,16,19H,3-4,12H2,1-2H3/t16-/m1/s1. The van der Waals surface area contributed by atoms with E-state index in [0.29, 0.717) is 29.1 Å². The first kappa shape index (κ1) is 19.4. The van der Waals surface area contributed by atoms with Crippen LogP contribution in [0.25, 0.3) is 0 Å². The van der Waals surface area contributed by atoms with Crippen LogP contribution in [0.1, 0.15) is 37.6 Å². The highest BCUT2D eigenvalue weighted by Crippen LogP contribution is 2.35. The Balaban J connectivity index is 1.96.